The summed E-state index contributed by atoms with van der Waals surface area (Å²) in [7, 11) is 0. The minimum absolute atomic E-state index is 0.442. The van der Waals surface area contributed by atoms with E-state index in [0.717, 1.165) is 18.8 Å². The van der Waals surface area contributed by atoms with Crippen LogP contribution in [0.15, 0.2) is 30.6 Å². The van der Waals surface area contributed by atoms with E-state index in [-0.39, 0.29) is 0 Å². The molecule has 0 spiro atoms. The zero-order valence-electron chi connectivity index (χ0n) is 10.4. The second kappa shape index (κ2) is 6.59. The van der Waals surface area contributed by atoms with Gasteiger partial charge in [0.15, 0.2) is 0 Å². The van der Waals surface area contributed by atoms with Gasteiger partial charge in [-0.3, -0.25) is 0 Å². The highest BCUT2D eigenvalue weighted by atomic mass is 35.5. The molecule has 0 bridgehead atoms. The first-order chi connectivity index (χ1) is 9.19. The van der Waals surface area contributed by atoms with Gasteiger partial charge in [0.05, 0.1) is 10.0 Å². The molecule has 1 heterocycles. The second-order valence-corrected chi connectivity index (χ2v) is 4.66. The van der Waals surface area contributed by atoms with Crippen molar-refractivity contribution in [2.75, 3.05) is 11.9 Å². The first-order valence-corrected chi connectivity index (χ1v) is 6.63. The van der Waals surface area contributed by atoms with Gasteiger partial charge in [0.2, 0.25) is 5.88 Å². The number of benzene rings is 1. The molecule has 6 heteroatoms. The van der Waals surface area contributed by atoms with Crippen LogP contribution in [0.25, 0.3) is 0 Å². The van der Waals surface area contributed by atoms with Gasteiger partial charge < -0.3 is 10.1 Å². The average molecular weight is 298 g/mol. The van der Waals surface area contributed by atoms with E-state index in [0.29, 0.717) is 21.7 Å². The molecule has 0 amide bonds. The van der Waals surface area contributed by atoms with Crippen molar-refractivity contribution < 1.29 is 4.74 Å². The summed E-state index contributed by atoms with van der Waals surface area (Å²) in [6, 6.07) is 6.79. The summed E-state index contributed by atoms with van der Waals surface area (Å²) in [6.07, 6.45) is 2.47. The van der Waals surface area contributed by atoms with E-state index in [1.807, 2.05) is 0 Å². The van der Waals surface area contributed by atoms with Gasteiger partial charge in [0.1, 0.15) is 17.9 Å². The fourth-order valence-corrected chi connectivity index (χ4v) is 1.69. The van der Waals surface area contributed by atoms with E-state index >= 15 is 0 Å². The maximum absolute atomic E-state index is 5.92. The van der Waals surface area contributed by atoms with Crippen LogP contribution in [0, 0.1) is 0 Å². The third-order valence-corrected chi connectivity index (χ3v) is 3.05. The van der Waals surface area contributed by atoms with Crippen molar-refractivity contribution in [1.82, 2.24) is 9.97 Å². The van der Waals surface area contributed by atoms with E-state index in [4.69, 9.17) is 27.9 Å². The van der Waals surface area contributed by atoms with Crippen molar-refractivity contribution in [2.45, 2.75) is 13.3 Å². The molecule has 0 aliphatic carbocycles. The Balaban J connectivity index is 2.11. The Kier molecular flexibility index (Phi) is 4.82. The third-order valence-electron chi connectivity index (χ3n) is 2.31. The van der Waals surface area contributed by atoms with Crippen molar-refractivity contribution in [3.63, 3.8) is 0 Å². The van der Waals surface area contributed by atoms with Gasteiger partial charge in [0, 0.05) is 18.7 Å². The third kappa shape index (κ3) is 3.98. The second-order valence-electron chi connectivity index (χ2n) is 3.85. The summed E-state index contributed by atoms with van der Waals surface area (Å²) in [5.41, 5.74) is 0. The number of nitrogens with one attached hydrogen (secondary N) is 1. The number of ether oxygens (including phenoxy) is 1. The molecule has 0 atom stereocenters. The number of hydrogen-bond acceptors (Lipinski definition) is 4. The summed E-state index contributed by atoms with van der Waals surface area (Å²) < 4.78 is 5.60. The SMILES string of the molecule is CCCNc1cc(Oc2ccc(Cl)c(Cl)c2)ncn1. The van der Waals surface area contributed by atoms with Gasteiger partial charge in [-0.2, -0.15) is 0 Å². The molecular weight excluding hydrogens is 285 g/mol. The van der Waals surface area contributed by atoms with Crippen molar-refractivity contribution in [1.29, 1.82) is 0 Å². The van der Waals surface area contributed by atoms with Crippen LogP contribution in [0.2, 0.25) is 10.0 Å². The van der Waals surface area contributed by atoms with Crippen molar-refractivity contribution in [2.24, 2.45) is 0 Å². The molecule has 1 N–H and O–H groups in total. The zero-order valence-corrected chi connectivity index (χ0v) is 11.9. The highest BCUT2D eigenvalue weighted by molar-refractivity contribution is 6.42. The molecule has 0 aliphatic heterocycles. The van der Waals surface area contributed by atoms with E-state index in [9.17, 15) is 0 Å². The number of anilines is 1. The lowest BCUT2D eigenvalue weighted by atomic mass is 10.3. The highest BCUT2D eigenvalue weighted by Gasteiger charge is 2.04. The average Bonchev–Trinajstić information content (AvgIpc) is 2.41. The van der Waals surface area contributed by atoms with Crippen LogP contribution in [-0.4, -0.2) is 16.5 Å². The lowest BCUT2D eigenvalue weighted by Crippen LogP contribution is -2.02. The molecule has 0 unspecified atom stereocenters. The van der Waals surface area contributed by atoms with E-state index < -0.39 is 0 Å². The Morgan fingerprint density at radius 1 is 1.16 bits per heavy atom. The molecule has 0 radical (unpaired) electrons. The predicted octanol–water partition coefficient (Wildman–Crippen LogP) is 4.40. The topological polar surface area (TPSA) is 47.0 Å². The Morgan fingerprint density at radius 3 is 2.74 bits per heavy atom. The predicted molar refractivity (Wildman–Crippen MR) is 77.3 cm³/mol. The summed E-state index contributed by atoms with van der Waals surface area (Å²) in [6.45, 7) is 2.94. The van der Waals surface area contributed by atoms with Crippen molar-refractivity contribution in [3.05, 3.63) is 40.6 Å². The fourth-order valence-electron chi connectivity index (χ4n) is 1.41. The minimum atomic E-state index is 0.442. The fraction of sp³-hybridized carbons (Fsp3) is 0.231. The molecule has 0 saturated heterocycles. The summed E-state index contributed by atoms with van der Waals surface area (Å²) >= 11 is 11.8. The maximum atomic E-state index is 5.92. The molecule has 19 heavy (non-hydrogen) atoms. The molecule has 0 saturated carbocycles. The monoisotopic (exact) mass is 297 g/mol. The summed E-state index contributed by atoms with van der Waals surface area (Å²) in [4.78, 5) is 8.15. The van der Waals surface area contributed by atoms with Gasteiger partial charge in [-0.15, -0.1) is 0 Å². The van der Waals surface area contributed by atoms with Crippen LogP contribution in [-0.2, 0) is 0 Å². The molecule has 0 aliphatic rings. The Hall–Kier alpha value is -1.52. The van der Waals surface area contributed by atoms with Crippen LogP contribution in [0.5, 0.6) is 11.6 Å². The van der Waals surface area contributed by atoms with Crippen LogP contribution in [0.4, 0.5) is 5.82 Å². The lowest BCUT2D eigenvalue weighted by Gasteiger charge is -2.07. The molecular formula is C13H13Cl2N3O. The van der Waals surface area contributed by atoms with Gasteiger partial charge in [-0.25, -0.2) is 9.97 Å². The van der Waals surface area contributed by atoms with E-state index in [1.165, 1.54) is 6.33 Å². The number of aromatic nitrogens is 2. The van der Waals surface area contributed by atoms with Crippen LogP contribution in [0.1, 0.15) is 13.3 Å². The molecule has 2 rings (SSSR count). The largest absolute Gasteiger partial charge is 0.439 e. The summed E-state index contributed by atoms with van der Waals surface area (Å²) in [5.74, 6) is 1.76. The van der Waals surface area contributed by atoms with Crippen molar-refractivity contribution >= 4 is 29.0 Å². The number of halogens is 2. The molecule has 1 aromatic carbocycles. The quantitative estimate of drug-likeness (QED) is 0.889. The van der Waals surface area contributed by atoms with Crippen LogP contribution >= 0.6 is 23.2 Å². The van der Waals surface area contributed by atoms with Crippen LogP contribution < -0.4 is 10.1 Å². The van der Waals surface area contributed by atoms with E-state index in [1.54, 1.807) is 24.3 Å². The number of hydrogen-bond donors (Lipinski definition) is 1. The lowest BCUT2D eigenvalue weighted by molar-refractivity contribution is 0.462. The van der Waals surface area contributed by atoms with Crippen molar-refractivity contribution in [3.8, 4) is 11.6 Å². The zero-order chi connectivity index (χ0) is 13.7. The molecule has 0 fully saturated rings. The normalized spacial score (nSPS) is 10.3. The molecule has 100 valence electrons. The van der Waals surface area contributed by atoms with Gasteiger partial charge in [0.25, 0.3) is 0 Å². The standard InChI is InChI=1S/C13H13Cl2N3O/c1-2-5-16-12-7-13(18-8-17-12)19-9-3-4-10(14)11(15)6-9/h3-4,6-8H,2,5H2,1H3,(H,16,17,18). The molecule has 1 aromatic heterocycles. The first kappa shape index (κ1) is 13.9. The van der Waals surface area contributed by atoms with Gasteiger partial charge in [-0.1, -0.05) is 30.1 Å². The minimum Gasteiger partial charge on any atom is -0.439 e. The van der Waals surface area contributed by atoms with Gasteiger partial charge in [-0.05, 0) is 18.6 Å². The Morgan fingerprint density at radius 2 is 2.00 bits per heavy atom. The molecule has 4 nitrogen and oxygen atoms in total. The smallest absolute Gasteiger partial charge is 0.224 e. The van der Waals surface area contributed by atoms with Gasteiger partial charge >= 0.3 is 0 Å². The first-order valence-electron chi connectivity index (χ1n) is 5.88. The molecule has 2 aromatic rings. The Labute approximate surface area is 121 Å². The van der Waals surface area contributed by atoms with Crippen LogP contribution in [0.3, 0.4) is 0 Å². The number of rotatable bonds is 5. The number of nitrogens with zero attached hydrogens (tertiary/aromatic N) is 2. The highest BCUT2D eigenvalue weighted by Crippen LogP contribution is 2.29. The maximum Gasteiger partial charge on any atom is 0.224 e. The Bertz CT molecular complexity index is 563. The van der Waals surface area contributed by atoms with E-state index in [2.05, 4.69) is 22.2 Å². The summed E-state index contributed by atoms with van der Waals surface area (Å²) in [5, 5.41) is 4.09.